The smallest absolute Gasteiger partial charge is 0.362 e. The van der Waals surface area contributed by atoms with E-state index in [9.17, 15) is 14.4 Å². The van der Waals surface area contributed by atoms with Gasteiger partial charge in [-0.2, -0.15) is 0 Å². The molecule has 0 radical (unpaired) electrons. The lowest BCUT2D eigenvalue weighted by Crippen LogP contribution is -2.32. The first kappa shape index (κ1) is 15.9. The first-order chi connectivity index (χ1) is 11.4. The maximum Gasteiger partial charge on any atom is 0.365 e. The van der Waals surface area contributed by atoms with Gasteiger partial charge < -0.3 is 9.74 Å². The molecule has 7 nitrogen and oxygen atoms in total. The highest BCUT2D eigenvalue weighted by Crippen LogP contribution is 2.25. The van der Waals surface area contributed by atoms with Gasteiger partial charge >= 0.3 is 5.97 Å². The Kier molecular flexibility index (Phi) is 3.94. The predicted molar refractivity (Wildman–Crippen MR) is 85.9 cm³/mol. The number of imide groups is 1. The number of rotatable bonds is 3. The topological polar surface area (TPSA) is 79.8 Å². The average molecular weight is 346 g/mol. The van der Waals surface area contributed by atoms with Crippen LogP contribution in [0.4, 0.5) is 5.82 Å². The molecule has 8 heteroatoms. The highest BCUT2D eigenvalue weighted by Gasteiger charge is 2.38. The van der Waals surface area contributed by atoms with Crippen molar-refractivity contribution in [2.75, 3.05) is 19.0 Å². The second-order valence-corrected chi connectivity index (χ2v) is 5.66. The molecule has 122 valence electrons. The number of hydrogen-bond acceptors (Lipinski definition) is 6. The van der Waals surface area contributed by atoms with Crippen molar-refractivity contribution in [1.82, 2.24) is 10.0 Å². The van der Waals surface area contributed by atoms with E-state index in [1.54, 1.807) is 31.1 Å². The van der Waals surface area contributed by atoms with Crippen molar-refractivity contribution in [3.05, 3.63) is 58.2 Å². The Morgan fingerprint density at radius 3 is 2.25 bits per heavy atom. The molecule has 1 aliphatic rings. The van der Waals surface area contributed by atoms with Crippen molar-refractivity contribution >= 4 is 35.2 Å². The number of benzene rings is 1. The van der Waals surface area contributed by atoms with Crippen LogP contribution in [0, 0.1) is 0 Å². The van der Waals surface area contributed by atoms with Crippen LogP contribution in [0.25, 0.3) is 0 Å². The molecule has 0 aliphatic carbocycles. The summed E-state index contributed by atoms with van der Waals surface area (Å²) in [6.45, 7) is 0. The van der Waals surface area contributed by atoms with Crippen LogP contribution < -0.4 is 4.90 Å². The fourth-order valence-electron chi connectivity index (χ4n) is 2.26. The van der Waals surface area contributed by atoms with E-state index in [0.717, 1.165) is 0 Å². The molecule has 0 saturated carbocycles. The molecular weight excluding hydrogens is 334 g/mol. The number of halogens is 1. The third kappa shape index (κ3) is 2.59. The van der Waals surface area contributed by atoms with E-state index in [0.29, 0.717) is 10.9 Å². The quantitative estimate of drug-likeness (QED) is 0.793. The average Bonchev–Trinajstić information content (AvgIpc) is 2.80. The number of aromatic nitrogens is 1. The normalized spacial score (nSPS) is 13.0. The van der Waals surface area contributed by atoms with Gasteiger partial charge in [0.25, 0.3) is 11.8 Å². The summed E-state index contributed by atoms with van der Waals surface area (Å²) >= 11 is 6.06. The number of nitrogens with zero attached hydrogens (tertiary/aromatic N) is 3. The van der Waals surface area contributed by atoms with Gasteiger partial charge in [-0.3, -0.25) is 9.59 Å². The molecule has 0 saturated heterocycles. The van der Waals surface area contributed by atoms with Gasteiger partial charge in [-0.1, -0.05) is 28.8 Å². The molecule has 2 amide bonds. The van der Waals surface area contributed by atoms with Gasteiger partial charge in [-0.25, -0.2) is 9.78 Å². The van der Waals surface area contributed by atoms with Gasteiger partial charge in [0.15, 0.2) is 0 Å². The molecule has 0 N–H and O–H groups in total. The molecular formula is C16H12ClN3O4. The zero-order valence-electron chi connectivity index (χ0n) is 12.8. The van der Waals surface area contributed by atoms with Crippen LogP contribution in [0.5, 0.6) is 0 Å². The van der Waals surface area contributed by atoms with Crippen LogP contribution in [-0.2, 0) is 4.84 Å². The Bertz CT molecular complexity index is 831. The summed E-state index contributed by atoms with van der Waals surface area (Å²) < 4.78 is 0. The van der Waals surface area contributed by atoms with Gasteiger partial charge in [-0.05, 0) is 18.2 Å². The minimum atomic E-state index is -0.899. The highest BCUT2D eigenvalue weighted by molar-refractivity contribution is 6.33. The van der Waals surface area contributed by atoms with Crippen molar-refractivity contribution in [2.24, 2.45) is 0 Å². The lowest BCUT2D eigenvalue weighted by atomic mass is 10.1. The highest BCUT2D eigenvalue weighted by atomic mass is 35.5. The monoisotopic (exact) mass is 345 g/mol. The summed E-state index contributed by atoms with van der Waals surface area (Å²) in [7, 11) is 3.51. The molecule has 0 unspecified atom stereocenters. The van der Waals surface area contributed by atoms with Gasteiger partial charge in [0.1, 0.15) is 5.82 Å². The molecule has 1 aromatic carbocycles. The zero-order valence-corrected chi connectivity index (χ0v) is 13.6. The number of hydroxylamine groups is 2. The largest absolute Gasteiger partial charge is 0.365 e. The SMILES string of the molecule is CN(C)c1ncc(C(=O)ON2C(=O)c3ccccc3C2=O)cc1Cl. The number of carbonyl (C=O) groups excluding carboxylic acids is 3. The number of carbonyl (C=O) groups is 3. The lowest BCUT2D eigenvalue weighted by molar-refractivity contribution is -0.0584. The second kappa shape index (κ2) is 5.93. The summed E-state index contributed by atoms with van der Waals surface area (Å²) in [5, 5.41) is 0.692. The van der Waals surface area contributed by atoms with E-state index in [2.05, 4.69) is 4.98 Å². The maximum atomic E-state index is 12.2. The third-order valence-electron chi connectivity index (χ3n) is 3.41. The van der Waals surface area contributed by atoms with Crippen LogP contribution in [0.1, 0.15) is 31.1 Å². The predicted octanol–water partition coefficient (Wildman–Crippen LogP) is 2.17. The third-order valence-corrected chi connectivity index (χ3v) is 3.69. The minimum Gasteiger partial charge on any atom is -0.362 e. The number of anilines is 1. The van der Waals surface area contributed by atoms with Crippen LogP contribution >= 0.6 is 11.6 Å². The van der Waals surface area contributed by atoms with E-state index in [1.165, 1.54) is 24.4 Å². The first-order valence-electron chi connectivity index (χ1n) is 6.93. The fraction of sp³-hybridized carbons (Fsp3) is 0.125. The van der Waals surface area contributed by atoms with Crippen LogP contribution in [0.3, 0.4) is 0 Å². The summed E-state index contributed by atoms with van der Waals surface area (Å²) in [5.74, 6) is -1.79. The zero-order chi connectivity index (χ0) is 17.4. The molecule has 3 rings (SSSR count). The summed E-state index contributed by atoms with van der Waals surface area (Å²) in [6.07, 6.45) is 1.27. The fourth-order valence-corrected chi connectivity index (χ4v) is 2.59. The Hall–Kier alpha value is -2.93. The van der Waals surface area contributed by atoms with Crippen LogP contribution in [-0.4, -0.2) is 41.9 Å². The lowest BCUT2D eigenvalue weighted by Gasteiger charge is -2.15. The number of amides is 2. The van der Waals surface area contributed by atoms with Crippen molar-refractivity contribution < 1.29 is 19.2 Å². The van der Waals surface area contributed by atoms with Gasteiger partial charge in [0.2, 0.25) is 0 Å². The standard InChI is InChI=1S/C16H12ClN3O4/c1-19(2)13-12(17)7-9(8-18-13)16(23)24-20-14(21)10-5-3-4-6-11(10)15(20)22/h3-8H,1-2H3. The summed E-state index contributed by atoms with van der Waals surface area (Å²) in [4.78, 5) is 47.2. The maximum absolute atomic E-state index is 12.2. The molecule has 0 spiro atoms. The molecule has 24 heavy (non-hydrogen) atoms. The van der Waals surface area contributed by atoms with Gasteiger partial charge in [0.05, 0.1) is 21.7 Å². The summed E-state index contributed by atoms with van der Waals surface area (Å²) in [6, 6.07) is 7.60. The molecule has 0 fully saturated rings. The molecule has 0 atom stereocenters. The van der Waals surface area contributed by atoms with Crippen molar-refractivity contribution in [3.63, 3.8) is 0 Å². The van der Waals surface area contributed by atoms with E-state index >= 15 is 0 Å². The number of hydrogen-bond donors (Lipinski definition) is 0. The summed E-state index contributed by atoms with van der Waals surface area (Å²) in [5.41, 5.74) is 0.408. The Balaban J connectivity index is 1.83. The van der Waals surface area contributed by atoms with Crippen LogP contribution in [0.15, 0.2) is 36.5 Å². The second-order valence-electron chi connectivity index (χ2n) is 5.25. The molecule has 2 heterocycles. The van der Waals surface area contributed by atoms with E-state index in [1.807, 2.05) is 0 Å². The number of fused-ring (bicyclic) bond motifs is 1. The Morgan fingerprint density at radius 1 is 1.17 bits per heavy atom. The van der Waals surface area contributed by atoms with Crippen molar-refractivity contribution in [2.45, 2.75) is 0 Å². The molecule has 0 bridgehead atoms. The van der Waals surface area contributed by atoms with E-state index < -0.39 is 17.8 Å². The minimum absolute atomic E-state index is 0.0298. The van der Waals surface area contributed by atoms with Crippen molar-refractivity contribution in [3.8, 4) is 0 Å². The van der Waals surface area contributed by atoms with Crippen molar-refractivity contribution in [1.29, 1.82) is 0 Å². The molecule has 2 aromatic rings. The Morgan fingerprint density at radius 2 is 1.75 bits per heavy atom. The Labute approximate surface area is 142 Å². The van der Waals surface area contributed by atoms with E-state index in [-0.39, 0.29) is 21.7 Å². The van der Waals surface area contributed by atoms with Crippen LogP contribution in [0.2, 0.25) is 5.02 Å². The first-order valence-corrected chi connectivity index (χ1v) is 7.31. The molecule has 1 aromatic heterocycles. The number of pyridine rings is 1. The molecule has 1 aliphatic heterocycles. The van der Waals surface area contributed by atoms with Gasteiger partial charge in [-0.15, -0.1) is 0 Å². The van der Waals surface area contributed by atoms with E-state index in [4.69, 9.17) is 16.4 Å². The van der Waals surface area contributed by atoms with Gasteiger partial charge in [0, 0.05) is 20.3 Å².